The van der Waals surface area contributed by atoms with E-state index in [1.807, 2.05) is 44.3 Å². The number of carboxylic acid groups (broad SMARTS) is 1. The quantitative estimate of drug-likeness (QED) is 0.398. The molecule has 190 valence electrons. The zero-order valence-electron chi connectivity index (χ0n) is 20.9. The van der Waals surface area contributed by atoms with Gasteiger partial charge in [0.2, 0.25) is 0 Å². The van der Waals surface area contributed by atoms with E-state index in [0.29, 0.717) is 35.5 Å². The summed E-state index contributed by atoms with van der Waals surface area (Å²) in [5.41, 5.74) is 3.60. The molecular weight excluding hydrogens is 472 g/mol. The highest BCUT2D eigenvalue weighted by Crippen LogP contribution is 2.35. The van der Waals surface area contributed by atoms with Crippen LogP contribution in [-0.4, -0.2) is 55.0 Å². The lowest BCUT2D eigenvalue weighted by atomic mass is 10.1. The van der Waals surface area contributed by atoms with Crippen LogP contribution in [0.25, 0.3) is 10.9 Å². The summed E-state index contributed by atoms with van der Waals surface area (Å²) in [6.45, 7) is 2.87. The molecular formula is C29H28N2O6. The van der Waals surface area contributed by atoms with Crippen LogP contribution < -0.4 is 19.1 Å². The monoisotopic (exact) mass is 500 g/mol. The molecule has 1 N–H and O–H groups in total. The van der Waals surface area contributed by atoms with Gasteiger partial charge in [-0.05, 0) is 61.0 Å². The van der Waals surface area contributed by atoms with Gasteiger partial charge in [-0.1, -0.05) is 12.1 Å². The van der Waals surface area contributed by atoms with Crippen LogP contribution in [-0.2, 0) is 11.2 Å². The predicted octanol–water partition coefficient (Wildman–Crippen LogP) is 4.55. The number of anilines is 1. The Kier molecular flexibility index (Phi) is 6.48. The summed E-state index contributed by atoms with van der Waals surface area (Å²) in [7, 11) is 3.65. The normalized spacial score (nSPS) is 14.7. The van der Waals surface area contributed by atoms with Gasteiger partial charge < -0.3 is 24.2 Å². The van der Waals surface area contributed by atoms with Crippen LogP contribution in [0.5, 0.6) is 17.2 Å². The van der Waals surface area contributed by atoms with Gasteiger partial charge >= 0.3 is 5.97 Å². The molecule has 8 heteroatoms. The third kappa shape index (κ3) is 4.82. The molecule has 4 aromatic rings. The van der Waals surface area contributed by atoms with E-state index in [2.05, 4.69) is 4.90 Å². The number of carboxylic acids is 1. The molecule has 0 spiro atoms. The molecule has 1 aromatic heterocycles. The minimum atomic E-state index is -0.908. The number of carbonyl (C=O) groups excluding carboxylic acids is 1. The van der Waals surface area contributed by atoms with Gasteiger partial charge in [0.05, 0.1) is 31.3 Å². The number of carbonyl (C=O) groups is 2. The third-order valence-corrected chi connectivity index (χ3v) is 6.55. The van der Waals surface area contributed by atoms with Crippen molar-refractivity contribution in [1.82, 2.24) is 4.57 Å². The number of likely N-dealkylation sites (N-methyl/N-ethyl adjacent to an activating group) is 1. The third-order valence-electron chi connectivity index (χ3n) is 6.55. The average molecular weight is 501 g/mol. The molecule has 0 radical (unpaired) electrons. The molecule has 0 bridgehead atoms. The van der Waals surface area contributed by atoms with E-state index in [0.717, 1.165) is 28.3 Å². The lowest BCUT2D eigenvalue weighted by Crippen LogP contribution is -2.41. The number of fused-ring (bicyclic) bond motifs is 2. The highest BCUT2D eigenvalue weighted by Gasteiger charge is 2.25. The molecule has 0 fully saturated rings. The van der Waals surface area contributed by atoms with Gasteiger partial charge in [-0.15, -0.1) is 0 Å². The molecule has 1 aliphatic rings. The fourth-order valence-corrected chi connectivity index (χ4v) is 4.75. The number of aliphatic carboxylic acids is 1. The molecule has 0 aliphatic carbocycles. The summed E-state index contributed by atoms with van der Waals surface area (Å²) in [6.07, 6.45) is -0.248. The molecule has 1 aliphatic heterocycles. The van der Waals surface area contributed by atoms with E-state index < -0.39 is 5.97 Å². The Bertz CT molecular complexity index is 1470. The molecule has 5 rings (SSSR count). The maximum Gasteiger partial charge on any atom is 0.307 e. The van der Waals surface area contributed by atoms with Gasteiger partial charge in [0.1, 0.15) is 30.0 Å². The van der Waals surface area contributed by atoms with Crippen LogP contribution in [0.1, 0.15) is 21.6 Å². The molecule has 2 heterocycles. The maximum atomic E-state index is 13.4. The van der Waals surface area contributed by atoms with E-state index >= 15 is 0 Å². The number of hydrogen-bond donors (Lipinski definition) is 1. The van der Waals surface area contributed by atoms with Crippen molar-refractivity contribution in [3.05, 3.63) is 83.6 Å². The number of aromatic nitrogens is 1. The average Bonchev–Trinajstić information content (AvgIpc) is 3.23. The maximum absolute atomic E-state index is 13.4. The summed E-state index contributed by atoms with van der Waals surface area (Å²) in [5.74, 6) is 1.11. The lowest BCUT2D eigenvalue weighted by molar-refractivity contribution is -0.136. The fraction of sp³-hybridized carbons (Fsp3) is 0.241. The van der Waals surface area contributed by atoms with Crippen LogP contribution in [0.3, 0.4) is 0 Å². The summed E-state index contributed by atoms with van der Waals surface area (Å²) >= 11 is 0. The highest BCUT2D eigenvalue weighted by atomic mass is 16.5. The van der Waals surface area contributed by atoms with Crippen LogP contribution in [0.2, 0.25) is 0 Å². The van der Waals surface area contributed by atoms with Crippen LogP contribution >= 0.6 is 0 Å². The molecule has 0 saturated heterocycles. The second-order valence-electron chi connectivity index (χ2n) is 9.14. The van der Waals surface area contributed by atoms with E-state index in [1.165, 1.54) is 0 Å². The van der Waals surface area contributed by atoms with Crippen molar-refractivity contribution in [3.8, 4) is 17.2 Å². The first-order chi connectivity index (χ1) is 17.8. The van der Waals surface area contributed by atoms with Gasteiger partial charge in [-0.2, -0.15) is 0 Å². The second kappa shape index (κ2) is 9.89. The topological polar surface area (TPSA) is 90.2 Å². The molecule has 0 unspecified atom stereocenters. The van der Waals surface area contributed by atoms with Crippen molar-refractivity contribution in [2.75, 3.05) is 32.2 Å². The van der Waals surface area contributed by atoms with Crippen molar-refractivity contribution in [2.45, 2.75) is 19.4 Å². The van der Waals surface area contributed by atoms with Gasteiger partial charge in [0, 0.05) is 29.8 Å². The first kappa shape index (κ1) is 24.2. The van der Waals surface area contributed by atoms with Crippen molar-refractivity contribution in [1.29, 1.82) is 0 Å². The van der Waals surface area contributed by atoms with Crippen LogP contribution in [0.4, 0.5) is 5.69 Å². The van der Waals surface area contributed by atoms with E-state index in [-0.39, 0.29) is 18.4 Å². The molecule has 0 amide bonds. The number of methoxy groups -OCH3 is 1. The minimum absolute atomic E-state index is 0.0959. The van der Waals surface area contributed by atoms with Crippen LogP contribution in [0.15, 0.2) is 66.7 Å². The number of hydrogen-bond acceptors (Lipinski definition) is 6. The van der Waals surface area contributed by atoms with Gasteiger partial charge in [-0.25, -0.2) is 0 Å². The number of benzene rings is 3. The molecule has 37 heavy (non-hydrogen) atoms. The predicted molar refractivity (Wildman–Crippen MR) is 140 cm³/mol. The number of nitrogens with zero attached hydrogens (tertiary/aromatic N) is 2. The molecule has 8 nitrogen and oxygen atoms in total. The highest BCUT2D eigenvalue weighted by molar-refractivity contribution is 6.04. The molecule has 0 saturated carbocycles. The molecule has 3 aromatic carbocycles. The minimum Gasteiger partial charge on any atom is -0.497 e. The SMILES string of the molecule is COc1ccc2c(c1)N(C)C[C@@H](COc1ccc(C(=O)n3c(C)cc4c(CC(=O)O)cccc43)cc1)O2. The number of rotatable bonds is 7. The lowest BCUT2D eigenvalue weighted by Gasteiger charge is -2.33. The van der Waals surface area contributed by atoms with E-state index in [1.54, 1.807) is 48.1 Å². The standard InChI is InChI=1S/C29H28N2O6/c1-18-13-24-20(14-28(32)33)5-4-6-25(24)31(18)29(34)19-7-9-21(10-8-19)36-17-23-16-30(2)26-15-22(35-3)11-12-27(26)37-23/h4-13,15,23H,14,16-17H2,1-3H3,(H,32,33)/t23-/m0/s1. The Morgan fingerprint density at radius 1 is 1.05 bits per heavy atom. The van der Waals surface area contributed by atoms with Gasteiger partial charge in [-0.3, -0.25) is 14.2 Å². The fourth-order valence-electron chi connectivity index (χ4n) is 4.75. The molecule has 1 atom stereocenters. The Hall–Kier alpha value is -4.46. The smallest absolute Gasteiger partial charge is 0.307 e. The van der Waals surface area contributed by atoms with Gasteiger partial charge in [0.25, 0.3) is 5.91 Å². The summed E-state index contributed by atoms with van der Waals surface area (Å²) < 4.78 is 19.0. The second-order valence-corrected chi connectivity index (χ2v) is 9.14. The summed E-state index contributed by atoms with van der Waals surface area (Å²) in [4.78, 5) is 26.7. The Morgan fingerprint density at radius 3 is 2.54 bits per heavy atom. The van der Waals surface area contributed by atoms with Crippen molar-refractivity contribution < 1.29 is 28.9 Å². The van der Waals surface area contributed by atoms with Crippen molar-refractivity contribution in [2.24, 2.45) is 0 Å². The largest absolute Gasteiger partial charge is 0.497 e. The van der Waals surface area contributed by atoms with E-state index in [4.69, 9.17) is 14.2 Å². The Balaban J connectivity index is 1.28. The number of aryl methyl sites for hydroxylation is 1. The Morgan fingerprint density at radius 2 is 1.81 bits per heavy atom. The first-order valence-corrected chi connectivity index (χ1v) is 12.0. The van der Waals surface area contributed by atoms with E-state index in [9.17, 15) is 14.7 Å². The van der Waals surface area contributed by atoms with Crippen molar-refractivity contribution in [3.63, 3.8) is 0 Å². The Labute approximate surface area is 214 Å². The van der Waals surface area contributed by atoms with Gasteiger partial charge in [0.15, 0.2) is 0 Å². The first-order valence-electron chi connectivity index (χ1n) is 12.0. The zero-order valence-corrected chi connectivity index (χ0v) is 20.9. The van der Waals surface area contributed by atoms with Crippen LogP contribution in [0, 0.1) is 6.92 Å². The number of ether oxygens (including phenoxy) is 3. The summed E-state index contributed by atoms with van der Waals surface area (Å²) in [6, 6.07) is 20.0. The zero-order chi connectivity index (χ0) is 26.1. The summed E-state index contributed by atoms with van der Waals surface area (Å²) in [5, 5.41) is 9.99. The van der Waals surface area contributed by atoms with Crippen molar-refractivity contribution >= 4 is 28.5 Å².